The van der Waals surface area contributed by atoms with Crippen molar-refractivity contribution in [2.75, 3.05) is 11.5 Å². The van der Waals surface area contributed by atoms with Crippen molar-refractivity contribution in [1.29, 1.82) is 0 Å². The number of rotatable bonds is 9. The van der Waals surface area contributed by atoms with Gasteiger partial charge in [0.15, 0.2) is 0 Å². The van der Waals surface area contributed by atoms with Crippen LogP contribution in [-0.2, 0) is 34.3 Å². The van der Waals surface area contributed by atoms with E-state index in [1.165, 1.54) is 0 Å². The lowest BCUT2D eigenvalue weighted by Gasteiger charge is -2.38. The maximum atomic E-state index is 14.0. The fourth-order valence-electron chi connectivity index (χ4n) is 4.99. The van der Waals surface area contributed by atoms with Gasteiger partial charge in [-0.05, 0) is 56.9 Å². The molecule has 0 spiro atoms. The third kappa shape index (κ3) is 5.31. The zero-order valence-corrected chi connectivity index (χ0v) is 22.4. The molecule has 1 amide bonds. The molecule has 3 atom stereocenters. The highest BCUT2D eigenvalue weighted by atomic mass is 32.2. The first-order valence-electron chi connectivity index (χ1n) is 12.4. The smallest absolute Gasteiger partial charge is 0.237 e. The summed E-state index contributed by atoms with van der Waals surface area (Å²) in [6, 6.07) is 27.3. The minimum Gasteiger partial charge on any atom is -0.395 e. The van der Waals surface area contributed by atoms with Gasteiger partial charge in [0.05, 0.1) is 23.3 Å². The van der Waals surface area contributed by atoms with Crippen LogP contribution in [0.2, 0.25) is 0 Å². The Bertz CT molecular complexity index is 1210. The number of hydrogen-bond acceptors (Lipinski definition) is 3. The summed E-state index contributed by atoms with van der Waals surface area (Å²) >= 11 is 0. The Morgan fingerprint density at radius 3 is 2.06 bits per heavy atom. The van der Waals surface area contributed by atoms with Gasteiger partial charge in [-0.15, -0.1) is 0 Å². The van der Waals surface area contributed by atoms with Crippen molar-refractivity contribution in [3.05, 3.63) is 102 Å². The van der Waals surface area contributed by atoms with Crippen LogP contribution in [0, 0.1) is 0 Å². The van der Waals surface area contributed by atoms with E-state index in [2.05, 4.69) is 0 Å². The number of aliphatic hydroxyl groups excluding tert-OH is 1. The summed E-state index contributed by atoms with van der Waals surface area (Å²) in [6.45, 7) is 8.49. The number of benzene rings is 3. The molecule has 0 saturated heterocycles. The van der Waals surface area contributed by atoms with Crippen molar-refractivity contribution in [3.63, 3.8) is 0 Å². The first-order chi connectivity index (χ1) is 17.1. The summed E-state index contributed by atoms with van der Waals surface area (Å²) in [5, 5.41) is 10.6. The number of hydrogen-bond donors (Lipinski definition) is 1. The van der Waals surface area contributed by atoms with Crippen molar-refractivity contribution in [1.82, 2.24) is 4.31 Å². The highest BCUT2D eigenvalue weighted by Crippen LogP contribution is 2.46. The maximum absolute atomic E-state index is 14.0. The molecule has 5 nitrogen and oxygen atoms in total. The molecule has 0 aromatic heterocycles. The number of nitrogens with zero attached hydrogens (tertiary/aromatic N) is 2. The summed E-state index contributed by atoms with van der Waals surface area (Å²) in [6.07, 6.45) is 0.360. The van der Waals surface area contributed by atoms with Crippen LogP contribution < -0.4 is 4.90 Å². The van der Waals surface area contributed by atoms with Crippen LogP contribution in [0.5, 0.6) is 0 Å². The van der Waals surface area contributed by atoms with Crippen LogP contribution >= 0.6 is 0 Å². The normalized spacial score (nSPS) is 19.4. The monoisotopic (exact) mass is 504 g/mol. The maximum Gasteiger partial charge on any atom is 0.237 e. The number of carbonyl (C=O) groups is 1. The fraction of sp³-hybridized carbons (Fsp3) is 0.367. The van der Waals surface area contributed by atoms with Crippen LogP contribution in [-0.4, -0.2) is 36.9 Å². The molecule has 0 bridgehead atoms. The Kier molecular flexibility index (Phi) is 7.79. The minimum atomic E-state index is -1.38. The molecule has 4 rings (SSSR count). The summed E-state index contributed by atoms with van der Waals surface area (Å²) < 4.78 is 15.1. The summed E-state index contributed by atoms with van der Waals surface area (Å²) in [7, 11) is -1.38. The van der Waals surface area contributed by atoms with Crippen molar-refractivity contribution in [3.8, 4) is 0 Å². The first kappa shape index (κ1) is 26.3. The second kappa shape index (κ2) is 10.7. The van der Waals surface area contributed by atoms with E-state index in [-0.39, 0.29) is 12.5 Å². The quantitative estimate of drug-likeness (QED) is 0.435. The number of aliphatic hydroxyl groups is 1. The number of fused-ring (bicyclic) bond motifs is 1. The van der Waals surface area contributed by atoms with Gasteiger partial charge in [-0.3, -0.25) is 4.79 Å². The van der Waals surface area contributed by atoms with Gasteiger partial charge in [0.1, 0.15) is 11.0 Å². The summed E-state index contributed by atoms with van der Waals surface area (Å²) in [4.78, 5) is 15.9. The molecule has 0 fully saturated rings. The summed E-state index contributed by atoms with van der Waals surface area (Å²) in [5.41, 5.74) is 3.07. The molecular formula is C30H36N2O3S. The van der Waals surface area contributed by atoms with Gasteiger partial charge in [0, 0.05) is 18.3 Å². The average Bonchev–Trinajstić information content (AvgIpc) is 3.08. The molecule has 1 N–H and O–H groups in total. The summed E-state index contributed by atoms with van der Waals surface area (Å²) in [5.74, 6) is 0.00667. The number of para-hydroxylation sites is 1. The standard InChI is InChI=1S/C30H36N2O3S/c1-29(2,3)36(35)32(21-24-15-9-6-10-16-24)25(22-33)19-30(4)26-17-11-12-18-27(26)31(28(30)34)20-23-13-7-5-8-14-23/h5-18,25,33H,19-22H2,1-4H3/t25-,30-,36-/m0/s1. The largest absolute Gasteiger partial charge is 0.395 e. The van der Waals surface area contributed by atoms with Gasteiger partial charge in [-0.2, -0.15) is 0 Å². The Morgan fingerprint density at radius 1 is 0.917 bits per heavy atom. The van der Waals surface area contributed by atoms with Crippen molar-refractivity contribution in [2.45, 2.75) is 63.4 Å². The number of anilines is 1. The lowest BCUT2D eigenvalue weighted by molar-refractivity contribution is -0.123. The van der Waals surface area contributed by atoms with Crippen LogP contribution in [0.3, 0.4) is 0 Å². The Labute approximate surface area is 217 Å². The number of carbonyl (C=O) groups excluding carboxylic acids is 1. The Balaban J connectivity index is 1.69. The third-order valence-corrected chi connectivity index (χ3v) is 8.77. The van der Waals surface area contributed by atoms with Crippen molar-refractivity contribution >= 4 is 22.6 Å². The third-order valence-electron chi connectivity index (χ3n) is 6.87. The molecule has 1 aliphatic heterocycles. The molecule has 190 valence electrons. The SMILES string of the molecule is CC(C)(C)[S@](=O)N(Cc1ccccc1)[C@H](CO)C[C@]1(C)C(=O)N(Cc2ccccc2)c2ccccc21. The molecule has 0 radical (unpaired) electrons. The van der Waals surface area contributed by atoms with Gasteiger partial charge in [-0.25, -0.2) is 8.51 Å². The van der Waals surface area contributed by atoms with E-state index < -0.39 is 27.2 Å². The zero-order chi connectivity index (χ0) is 25.9. The molecule has 0 unspecified atom stereocenters. The van der Waals surface area contributed by atoms with Gasteiger partial charge < -0.3 is 10.0 Å². The molecule has 1 aliphatic rings. The lowest BCUT2D eigenvalue weighted by atomic mass is 9.78. The van der Waals surface area contributed by atoms with E-state index in [1.54, 1.807) is 0 Å². The van der Waals surface area contributed by atoms with E-state index in [0.29, 0.717) is 19.5 Å². The highest BCUT2D eigenvalue weighted by Gasteiger charge is 2.49. The highest BCUT2D eigenvalue weighted by molar-refractivity contribution is 7.84. The van der Waals surface area contributed by atoms with Crippen LogP contribution in [0.25, 0.3) is 0 Å². The van der Waals surface area contributed by atoms with Gasteiger partial charge in [-0.1, -0.05) is 78.9 Å². The zero-order valence-electron chi connectivity index (χ0n) is 21.6. The Hall–Kier alpha value is -2.80. The molecule has 0 aliphatic carbocycles. The van der Waals surface area contributed by atoms with E-state index in [9.17, 15) is 14.1 Å². The second-order valence-corrected chi connectivity index (χ2v) is 12.9. The number of amides is 1. The molecule has 1 heterocycles. The van der Waals surface area contributed by atoms with Gasteiger partial charge in [0.2, 0.25) is 5.91 Å². The van der Waals surface area contributed by atoms with E-state index in [4.69, 9.17) is 0 Å². The second-order valence-electron chi connectivity index (χ2n) is 10.7. The van der Waals surface area contributed by atoms with Crippen molar-refractivity contribution in [2.24, 2.45) is 0 Å². The van der Waals surface area contributed by atoms with Gasteiger partial charge in [0.25, 0.3) is 0 Å². The Morgan fingerprint density at radius 2 is 1.47 bits per heavy atom. The average molecular weight is 505 g/mol. The van der Waals surface area contributed by atoms with Crippen LogP contribution in [0.15, 0.2) is 84.9 Å². The van der Waals surface area contributed by atoms with Crippen LogP contribution in [0.4, 0.5) is 5.69 Å². The van der Waals surface area contributed by atoms with Crippen LogP contribution in [0.1, 0.15) is 50.8 Å². The van der Waals surface area contributed by atoms with E-state index in [1.807, 2.05) is 122 Å². The minimum absolute atomic E-state index is 0.00667. The lowest BCUT2D eigenvalue weighted by Crippen LogP contribution is -2.49. The molecule has 36 heavy (non-hydrogen) atoms. The predicted molar refractivity (Wildman–Crippen MR) is 147 cm³/mol. The van der Waals surface area contributed by atoms with E-state index >= 15 is 0 Å². The molecule has 6 heteroatoms. The first-order valence-corrected chi connectivity index (χ1v) is 13.5. The molecule has 3 aromatic carbocycles. The topological polar surface area (TPSA) is 60.9 Å². The van der Waals surface area contributed by atoms with Crippen molar-refractivity contribution < 1.29 is 14.1 Å². The molecular weight excluding hydrogens is 468 g/mol. The predicted octanol–water partition coefficient (Wildman–Crippen LogP) is 5.21. The fourth-order valence-corrected chi connectivity index (χ4v) is 6.37. The van der Waals surface area contributed by atoms with Gasteiger partial charge >= 0.3 is 0 Å². The van der Waals surface area contributed by atoms with E-state index in [0.717, 1.165) is 22.4 Å². The molecule has 0 saturated carbocycles. The molecule has 3 aromatic rings.